The van der Waals surface area contributed by atoms with E-state index in [1.165, 1.54) is 6.61 Å². The third kappa shape index (κ3) is 4.28. The molecular weight excluding hydrogens is 270 g/mol. The Kier molecular flexibility index (Phi) is 4.94. The molecule has 1 fully saturated rings. The van der Waals surface area contributed by atoms with Gasteiger partial charge in [0.2, 0.25) is 0 Å². The van der Waals surface area contributed by atoms with Gasteiger partial charge < -0.3 is 19.1 Å². The summed E-state index contributed by atoms with van der Waals surface area (Å²) >= 11 is 0. The Morgan fingerprint density at radius 1 is 1.43 bits per heavy atom. The second-order valence-corrected chi connectivity index (χ2v) is 5.12. The predicted molar refractivity (Wildman–Crippen MR) is 75.3 cm³/mol. The molecular formula is C16H17NO4. The quantitative estimate of drug-likeness (QED) is 0.631. The third-order valence-electron chi connectivity index (χ3n) is 3.01. The monoisotopic (exact) mass is 287 g/mol. The van der Waals surface area contributed by atoms with Gasteiger partial charge in [-0.3, -0.25) is 0 Å². The molecule has 2 radical (unpaired) electrons. The Morgan fingerprint density at radius 3 is 2.71 bits per heavy atom. The highest BCUT2D eigenvalue weighted by Gasteiger charge is 2.42. The number of carbonyl (C=O) groups is 1. The summed E-state index contributed by atoms with van der Waals surface area (Å²) in [5.74, 6) is -0.848. The summed E-state index contributed by atoms with van der Waals surface area (Å²) in [4.78, 5) is 15.3. The van der Waals surface area contributed by atoms with Crippen molar-refractivity contribution in [1.29, 1.82) is 0 Å². The van der Waals surface area contributed by atoms with Gasteiger partial charge in [0.25, 0.3) is 0 Å². The minimum Gasteiger partial charge on any atom is -0.455 e. The molecule has 1 aliphatic rings. The standard InChI is InChI=1S/C16H17NO4/c1-16(2)20-10-13(11-21-16)14(17-3)15(18)19-9-12-7-5-4-6-8-12/h4-8,10,14H,9,11H2,1-2H3. The number of rotatable bonds is 4. The van der Waals surface area contributed by atoms with E-state index in [0.29, 0.717) is 5.92 Å². The van der Waals surface area contributed by atoms with Crippen LogP contribution in [-0.4, -0.2) is 24.4 Å². The minimum atomic E-state index is -1.02. The highest BCUT2D eigenvalue weighted by atomic mass is 16.7. The molecule has 1 aromatic carbocycles. The normalized spacial score (nSPS) is 19.5. The first-order valence-corrected chi connectivity index (χ1v) is 6.60. The molecule has 0 N–H and O–H groups in total. The molecule has 2 rings (SSSR count). The van der Waals surface area contributed by atoms with Crippen molar-refractivity contribution in [3.63, 3.8) is 0 Å². The molecule has 0 bridgehead atoms. The molecule has 21 heavy (non-hydrogen) atoms. The van der Waals surface area contributed by atoms with Crippen LogP contribution in [0.15, 0.2) is 30.3 Å². The number of hydrogen-bond acceptors (Lipinski definition) is 4. The van der Waals surface area contributed by atoms with Gasteiger partial charge in [-0.25, -0.2) is 11.4 Å². The maximum Gasteiger partial charge on any atom is 0.391 e. The molecule has 0 spiro atoms. The maximum atomic E-state index is 12.0. The van der Waals surface area contributed by atoms with Gasteiger partial charge in [0, 0.05) is 0 Å². The molecule has 0 amide bonds. The van der Waals surface area contributed by atoms with Crippen molar-refractivity contribution in [3.05, 3.63) is 59.8 Å². The summed E-state index contributed by atoms with van der Waals surface area (Å²) in [6.45, 7) is 12.5. The second kappa shape index (κ2) is 6.70. The number of esters is 1. The predicted octanol–water partition coefficient (Wildman–Crippen LogP) is 2.54. The van der Waals surface area contributed by atoms with Gasteiger partial charge >= 0.3 is 12.0 Å². The van der Waals surface area contributed by atoms with E-state index in [0.717, 1.165) is 5.56 Å². The van der Waals surface area contributed by atoms with Gasteiger partial charge in [0.1, 0.15) is 19.1 Å². The Hall–Kier alpha value is -1.90. The van der Waals surface area contributed by atoms with Crippen LogP contribution >= 0.6 is 0 Å². The average Bonchev–Trinajstić information content (AvgIpc) is 2.48. The van der Waals surface area contributed by atoms with Gasteiger partial charge in [-0.1, -0.05) is 30.3 Å². The molecule has 5 nitrogen and oxygen atoms in total. The zero-order valence-electron chi connectivity index (χ0n) is 12.0. The van der Waals surface area contributed by atoms with E-state index < -0.39 is 17.8 Å². The van der Waals surface area contributed by atoms with Crippen LogP contribution in [0.1, 0.15) is 19.4 Å². The number of ether oxygens (including phenoxy) is 3. The fourth-order valence-corrected chi connectivity index (χ4v) is 1.78. The van der Waals surface area contributed by atoms with E-state index in [-0.39, 0.29) is 13.2 Å². The van der Waals surface area contributed by atoms with E-state index >= 15 is 0 Å². The fraction of sp³-hybridized carbons (Fsp3) is 0.375. The van der Waals surface area contributed by atoms with Crippen LogP contribution in [0, 0.1) is 19.1 Å². The van der Waals surface area contributed by atoms with E-state index in [1.807, 2.05) is 30.3 Å². The lowest BCUT2D eigenvalue weighted by atomic mass is 10.0. The molecule has 1 unspecified atom stereocenters. The minimum absolute atomic E-state index is 0.145. The summed E-state index contributed by atoms with van der Waals surface area (Å²) in [5.41, 5.74) is 0.876. The van der Waals surface area contributed by atoms with Gasteiger partial charge in [0.05, 0.1) is 6.61 Å². The highest BCUT2D eigenvalue weighted by molar-refractivity contribution is 5.81. The molecule has 1 saturated heterocycles. The summed E-state index contributed by atoms with van der Waals surface area (Å²) in [6.07, 6.45) is 0. The summed E-state index contributed by atoms with van der Waals surface area (Å²) in [6, 6.07) is 8.30. The lowest BCUT2D eigenvalue weighted by molar-refractivity contribution is -0.215. The van der Waals surface area contributed by atoms with Crippen molar-refractivity contribution in [2.75, 3.05) is 6.61 Å². The Labute approximate surface area is 124 Å². The zero-order valence-corrected chi connectivity index (χ0v) is 12.0. The Bertz CT molecular complexity index is 511. The van der Waals surface area contributed by atoms with Crippen molar-refractivity contribution < 1.29 is 19.0 Å². The lowest BCUT2D eigenvalue weighted by Crippen LogP contribution is -2.41. The first kappa shape index (κ1) is 15.5. The molecule has 5 heteroatoms. The second-order valence-electron chi connectivity index (χ2n) is 5.12. The molecule has 1 heterocycles. The van der Waals surface area contributed by atoms with Crippen LogP contribution in [0.3, 0.4) is 0 Å². The number of hydrogen-bond donors (Lipinski definition) is 0. The van der Waals surface area contributed by atoms with Crippen molar-refractivity contribution >= 4 is 5.97 Å². The van der Waals surface area contributed by atoms with E-state index in [1.54, 1.807) is 13.8 Å². The van der Waals surface area contributed by atoms with Crippen LogP contribution in [0.4, 0.5) is 0 Å². The summed E-state index contributed by atoms with van der Waals surface area (Å²) in [7, 11) is 0. The van der Waals surface area contributed by atoms with Crippen LogP contribution < -0.4 is 0 Å². The average molecular weight is 287 g/mol. The lowest BCUT2D eigenvalue weighted by Gasteiger charge is -2.33. The van der Waals surface area contributed by atoms with Crippen molar-refractivity contribution in [2.24, 2.45) is 0 Å². The van der Waals surface area contributed by atoms with Crippen molar-refractivity contribution in [1.82, 2.24) is 0 Å². The van der Waals surface area contributed by atoms with Crippen LogP contribution in [0.2, 0.25) is 0 Å². The first-order chi connectivity index (χ1) is 10.0. The van der Waals surface area contributed by atoms with Gasteiger partial charge in [-0.05, 0) is 19.4 Å². The maximum absolute atomic E-state index is 12.0. The molecule has 1 aromatic rings. The first-order valence-electron chi connectivity index (χ1n) is 6.60. The topological polar surface area (TPSA) is 49.1 Å². The van der Waals surface area contributed by atoms with Crippen LogP contribution in [0.5, 0.6) is 0 Å². The van der Waals surface area contributed by atoms with Gasteiger partial charge in [-0.2, -0.15) is 0 Å². The van der Waals surface area contributed by atoms with Gasteiger partial charge in [-0.15, -0.1) is 0 Å². The number of carbonyl (C=O) groups excluding carboxylic acids is 1. The molecule has 110 valence electrons. The van der Waals surface area contributed by atoms with E-state index in [2.05, 4.69) is 4.85 Å². The van der Waals surface area contributed by atoms with E-state index in [9.17, 15) is 4.79 Å². The zero-order chi connectivity index (χ0) is 15.3. The largest absolute Gasteiger partial charge is 0.455 e. The third-order valence-corrected chi connectivity index (χ3v) is 3.01. The SMILES string of the molecule is [C-]#[N+]C([C]1[CH]OC(C)(C)OC1)C(=O)OCc1ccccc1. The van der Waals surface area contributed by atoms with Crippen molar-refractivity contribution in [2.45, 2.75) is 32.3 Å². The number of benzene rings is 1. The molecule has 1 atom stereocenters. The Morgan fingerprint density at radius 2 is 2.14 bits per heavy atom. The molecule has 0 aliphatic carbocycles. The summed E-state index contributed by atoms with van der Waals surface area (Å²) in [5, 5.41) is 0. The smallest absolute Gasteiger partial charge is 0.391 e. The van der Waals surface area contributed by atoms with Gasteiger partial charge in [0.15, 0.2) is 5.79 Å². The molecule has 0 aromatic heterocycles. The highest BCUT2D eigenvalue weighted by Crippen LogP contribution is 2.28. The molecule has 1 aliphatic heterocycles. The molecule has 0 saturated carbocycles. The van der Waals surface area contributed by atoms with Crippen molar-refractivity contribution in [3.8, 4) is 0 Å². The number of nitrogens with zero attached hydrogens (tertiary/aromatic N) is 1. The van der Waals surface area contributed by atoms with Crippen LogP contribution in [-0.2, 0) is 25.6 Å². The Balaban J connectivity index is 1.89. The summed E-state index contributed by atoms with van der Waals surface area (Å²) < 4.78 is 16.0. The van der Waals surface area contributed by atoms with E-state index in [4.69, 9.17) is 20.8 Å². The fourth-order valence-electron chi connectivity index (χ4n) is 1.78. The van der Waals surface area contributed by atoms with Crippen LogP contribution in [0.25, 0.3) is 4.85 Å².